The third kappa shape index (κ3) is 2.96. The van der Waals surface area contributed by atoms with E-state index < -0.39 is 0 Å². The van der Waals surface area contributed by atoms with Gasteiger partial charge in [0.05, 0.1) is 12.2 Å². The first-order chi connectivity index (χ1) is 8.56. The van der Waals surface area contributed by atoms with E-state index in [1.165, 1.54) is 12.1 Å². The lowest BCUT2D eigenvalue weighted by Crippen LogP contribution is -2.22. The smallest absolute Gasteiger partial charge is 0.211 e. The quantitative estimate of drug-likeness (QED) is 0.899. The molecule has 0 saturated carbocycles. The van der Waals surface area contributed by atoms with Gasteiger partial charge in [0.15, 0.2) is 0 Å². The summed E-state index contributed by atoms with van der Waals surface area (Å²) in [4.78, 5) is 4.18. The molecule has 4 heteroatoms. The van der Waals surface area contributed by atoms with Gasteiger partial charge in [0.1, 0.15) is 11.6 Å². The average Bonchev–Trinajstić information content (AvgIpc) is 2.76. The molecule has 0 fully saturated rings. The minimum atomic E-state index is -0.222. The van der Waals surface area contributed by atoms with Crippen molar-refractivity contribution in [1.82, 2.24) is 10.3 Å². The van der Waals surface area contributed by atoms with E-state index in [9.17, 15) is 4.39 Å². The van der Waals surface area contributed by atoms with Crippen LogP contribution in [0, 0.1) is 12.7 Å². The third-order valence-corrected chi connectivity index (χ3v) is 2.86. The van der Waals surface area contributed by atoms with Crippen molar-refractivity contribution in [3.63, 3.8) is 0 Å². The molecule has 1 aromatic heterocycles. The molecule has 0 radical (unpaired) electrons. The topological polar surface area (TPSA) is 38.1 Å². The molecule has 2 unspecified atom stereocenters. The fourth-order valence-corrected chi connectivity index (χ4v) is 1.89. The number of rotatable bonds is 4. The Morgan fingerprint density at radius 2 is 2.06 bits per heavy atom. The molecule has 1 aromatic carbocycles. The first-order valence-electron chi connectivity index (χ1n) is 6.00. The molecule has 2 atom stereocenters. The highest BCUT2D eigenvalue weighted by atomic mass is 19.1. The van der Waals surface area contributed by atoms with Crippen LogP contribution in [0.15, 0.2) is 34.9 Å². The van der Waals surface area contributed by atoms with E-state index in [1.807, 2.05) is 26.8 Å². The predicted molar refractivity (Wildman–Crippen MR) is 67.6 cm³/mol. The number of nitrogens with one attached hydrogen (secondary N) is 1. The van der Waals surface area contributed by atoms with Crippen molar-refractivity contribution in [2.45, 2.75) is 32.9 Å². The Labute approximate surface area is 106 Å². The minimum Gasteiger partial charge on any atom is -0.444 e. The first-order valence-corrected chi connectivity index (χ1v) is 6.00. The van der Waals surface area contributed by atoms with Gasteiger partial charge in [-0.25, -0.2) is 9.37 Å². The summed E-state index contributed by atoms with van der Waals surface area (Å²) in [5, 5.41) is 3.33. The zero-order valence-electron chi connectivity index (χ0n) is 10.8. The minimum absolute atomic E-state index is 0.0167. The molecule has 0 aliphatic rings. The zero-order valence-corrected chi connectivity index (χ0v) is 10.8. The van der Waals surface area contributed by atoms with Gasteiger partial charge < -0.3 is 4.42 Å². The van der Waals surface area contributed by atoms with Crippen LogP contribution in [-0.2, 0) is 0 Å². The van der Waals surface area contributed by atoms with E-state index in [1.54, 1.807) is 12.3 Å². The van der Waals surface area contributed by atoms with Crippen molar-refractivity contribution in [3.05, 3.63) is 53.5 Å². The highest BCUT2D eigenvalue weighted by Crippen LogP contribution is 2.19. The molecule has 3 nitrogen and oxygen atoms in total. The van der Waals surface area contributed by atoms with E-state index in [2.05, 4.69) is 10.3 Å². The molecule has 1 N–H and O–H groups in total. The monoisotopic (exact) mass is 248 g/mol. The summed E-state index contributed by atoms with van der Waals surface area (Å²) in [6.45, 7) is 5.82. The van der Waals surface area contributed by atoms with Crippen LogP contribution in [0.1, 0.15) is 43.1 Å². The Morgan fingerprint density at radius 1 is 1.28 bits per heavy atom. The number of halogens is 1. The molecule has 96 valence electrons. The van der Waals surface area contributed by atoms with Crippen LogP contribution < -0.4 is 5.32 Å². The fraction of sp³-hybridized carbons (Fsp3) is 0.357. The molecular formula is C14H17FN2O. The summed E-state index contributed by atoms with van der Waals surface area (Å²) in [5.41, 5.74) is 0.908. The molecule has 1 heterocycles. The lowest BCUT2D eigenvalue weighted by atomic mass is 10.1. The molecule has 0 bridgehead atoms. The summed E-state index contributed by atoms with van der Waals surface area (Å²) in [5.74, 6) is 1.22. The maximum absolute atomic E-state index is 13.1. The van der Waals surface area contributed by atoms with Gasteiger partial charge in [-0.15, -0.1) is 0 Å². The number of benzene rings is 1. The summed E-state index contributed by atoms with van der Waals surface area (Å²) in [6, 6.07) is 6.60. The summed E-state index contributed by atoms with van der Waals surface area (Å²) in [6.07, 6.45) is 1.69. The van der Waals surface area contributed by atoms with Gasteiger partial charge in [0.2, 0.25) is 5.89 Å². The molecule has 0 aliphatic carbocycles. The van der Waals surface area contributed by atoms with E-state index in [4.69, 9.17) is 4.42 Å². The molecule has 2 rings (SSSR count). The maximum Gasteiger partial charge on any atom is 0.211 e. The second kappa shape index (κ2) is 5.31. The number of hydrogen-bond donors (Lipinski definition) is 1. The molecule has 0 amide bonds. The van der Waals surface area contributed by atoms with Gasteiger partial charge in [0, 0.05) is 6.04 Å². The van der Waals surface area contributed by atoms with Crippen LogP contribution in [0.3, 0.4) is 0 Å². The fourth-order valence-electron chi connectivity index (χ4n) is 1.89. The zero-order chi connectivity index (χ0) is 13.1. The number of aromatic nitrogens is 1. The number of oxazole rings is 1. The molecular weight excluding hydrogens is 231 g/mol. The van der Waals surface area contributed by atoms with Crippen molar-refractivity contribution in [2.24, 2.45) is 0 Å². The van der Waals surface area contributed by atoms with Crippen molar-refractivity contribution in [2.75, 3.05) is 0 Å². The molecule has 0 spiro atoms. The summed E-state index contributed by atoms with van der Waals surface area (Å²) >= 11 is 0. The Hall–Kier alpha value is -1.68. The Balaban J connectivity index is 2.05. The van der Waals surface area contributed by atoms with Crippen LogP contribution in [0.25, 0.3) is 0 Å². The van der Waals surface area contributed by atoms with Gasteiger partial charge in [-0.1, -0.05) is 12.1 Å². The van der Waals surface area contributed by atoms with E-state index in [0.29, 0.717) is 5.89 Å². The van der Waals surface area contributed by atoms with Gasteiger partial charge in [-0.2, -0.15) is 0 Å². The molecule has 18 heavy (non-hydrogen) atoms. The van der Waals surface area contributed by atoms with E-state index in [0.717, 1.165) is 11.3 Å². The van der Waals surface area contributed by atoms with Crippen LogP contribution in [0.2, 0.25) is 0 Å². The normalized spacial score (nSPS) is 14.4. The van der Waals surface area contributed by atoms with Crippen LogP contribution in [0.4, 0.5) is 4.39 Å². The lowest BCUT2D eigenvalue weighted by Gasteiger charge is -2.18. The van der Waals surface area contributed by atoms with Crippen LogP contribution in [-0.4, -0.2) is 4.98 Å². The van der Waals surface area contributed by atoms with Crippen molar-refractivity contribution in [1.29, 1.82) is 0 Å². The Morgan fingerprint density at radius 3 is 2.67 bits per heavy atom. The number of nitrogens with zero attached hydrogens (tertiary/aromatic N) is 1. The Bertz CT molecular complexity index is 524. The molecule has 2 aromatic rings. The average molecular weight is 248 g/mol. The molecule has 0 aliphatic heterocycles. The van der Waals surface area contributed by atoms with Gasteiger partial charge in [-0.3, -0.25) is 5.32 Å². The highest BCUT2D eigenvalue weighted by molar-refractivity contribution is 5.19. The summed E-state index contributed by atoms with van der Waals surface area (Å²) in [7, 11) is 0. The number of hydrogen-bond acceptors (Lipinski definition) is 3. The molecule has 0 saturated heterocycles. The lowest BCUT2D eigenvalue weighted by molar-refractivity contribution is 0.380. The van der Waals surface area contributed by atoms with Gasteiger partial charge >= 0.3 is 0 Å². The SMILES string of the molecule is Cc1cnc(C(C)NC(C)c2cccc(F)c2)o1. The second-order valence-corrected chi connectivity index (χ2v) is 4.47. The van der Waals surface area contributed by atoms with Gasteiger partial charge in [0.25, 0.3) is 0 Å². The highest BCUT2D eigenvalue weighted by Gasteiger charge is 2.15. The second-order valence-electron chi connectivity index (χ2n) is 4.47. The van der Waals surface area contributed by atoms with Gasteiger partial charge in [-0.05, 0) is 38.5 Å². The summed E-state index contributed by atoms with van der Waals surface area (Å²) < 4.78 is 18.6. The van der Waals surface area contributed by atoms with Crippen molar-refractivity contribution >= 4 is 0 Å². The predicted octanol–water partition coefficient (Wildman–Crippen LogP) is 3.53. The van der Waals surface area contributed by atoms with E-state index in [-0.39, 0.29) is 17.9 Å². The van der Waals surface area contributed by atoms with Crippen LogP contribution in [0.5, 0.6) is 0 Å². The first kappa shape index (κ1) is 12.8. The van der Waals surface area contributed by atoms with Crippen LogP contribution >= 0.6 is 0 Å². The van der Waals surface area contributed by atoms with Crippen molar-refractivity contribution < 1.29 is 8.81 Å². The maximum atomic E-state index is 13.1. The standard InChI is InChI=1S/C14H17FN2O/c1-9-8-16-14(18-9)11(3)17-10(2)12-5-4-6-13(15)7-12/h4-8,10-11,17H,1-3H3. The third-order valence-electron chi connectivity index (χ3n) is 2.86. The Kier molecular flexibility index (Phi) is 3.77. The van der Waals surface area contributed by atoms with Crippen molar-refractivity contribution in [3.8, 4) is 0 Å². The van der Waals surface area contributed by atoms with E-state index >= 15 is 0 Å². The largest absolute Gasteiger partial charge is 0.444 e. The number of aryl methyl sites for hydroxylation is 1.